The highest BCUT2D eigenvalue weighted by atomic mass is 16.4. The van der Waals surface area contributed by atoms with Crippen LogP contribution < -0.4 is 0 Å². The van der Waals surface area contributed by atoms with Crippen LogP contribution in [0.25, 0.3) is 11.3 Å². The molecule has 1 heterocycles. The molecule has 4 heteroatoms. The van der Waals surface area contributed by atoms with Crippen LogP contribution in [0.5, 0.6) is 0 Å². The molecular formula is C16H20N2O2. The van der Waals surface area contributed by atoms with Crippen LogP contribution in [0.15, 0.2) is 30.3 Å². The summed E-state index contributed by atoms with van der Waals surface area (Å²) in [6, 6.07) is 10.2. The average Bonchev–Trinajstić information content (AvgIpc) is 2.84. The maximum absolute atomic E-state index is 10.5. The first-order chi connectivity index (χ1) is 9.36. The first-order valence-corrected chi connectivity index (χ1v) is 6.73. The predicted octanol–water partition coefficient (Wildman–Crippen LogP) is 3.39. The van der Waals surface area contributed by atoms with Crippen LogP contribution in [0.4, 0.5) is 0 Å². The highest BCUT2D eigenvalue weighted by molar-refractivity contribution is 5.67. The largest absolute Gasteiger partial charge is 0.481 e. The van der Waals surface area contributed by atoms with E-state index in [0.29, 0.717) is 6.42 Å². The van der Waals surface area contributed by atoms with E-state index in [0.717, 1.165) is 17.0 Å². The third-order valence-electron chi connectivity index (χ3n) is 3.29. The van der Waals surface area contributed by atoms with Gasteiger partial charge in [-0.2, -0.15) is 5.10 Å². The Kier molecular flexibility index (Phi) is 3.93. The highest BCUT2D eigenvalue weighted by Gasteiger charge is 2.13. The van der Waals surface area contributed by atoms with E-state index in [9.17, 15) is 4.79 Å². The molecule has 0 aliphatic carbocycles. The van der Waals surface area contributed by atoms with Gasteiger partial charge in [-0.15, -0.1) is 0 Å². The van der Waals surface area contributed by atoms with Gasteiger partial charge in [-0.1, -0.05) is 45.0 Å². The maximum Gasteiger partial charge on any atom is 0.303 e. The summed E-state index contributed by atoms with van der Waals surface area (Å²) in [4.78, 5) is 10.5. The van der Waals surface area contributed by atoms with Crippen LogP contribution in [-0.2, 0) is 16.6 Å². The molecule has 1 aromatic carbocycles. The molecule has 0 spiro atoms. The van der Waals surface area contributed by atoms with E-state index in [1.807, 2.05) is 6.07 Å². The van der Waals surface area contributed by atoms with Crippen molar-refractivity contribution in [2.24, 2.45) is 0 Å². The molecule has 0 saturated carbocycles. The van der Waals surface area contributed by atoms with Crippen LogP contribution in [0, 0.1) is 0 Å². The minimum Gasteiger partial charge on any atom is -0.481 e. The van der Waals surface area contributed by atoms with E-state index >= 15 is 0 Å². The van der Waals surface area contributed by atoms with Gasteiger partial charge in [0.05, 0.1) is 12.1 Å². The van der Waals surface area contributed by atoms with Crippen molar-refractivity contribution in [2.75, 3.05) is 0 Å². The number of hydrogen-bond donors (Lipinski definition) is 2. The number of aromatic nitrogens is 2. The van der Waals surface area contributed by atoms with Crippen molar-refractivity contribution in [3.8, 4) is 11.3 Å². The Morgan fingerprint density at radius 1 is 1.25 bits per heavy atom. The summed E-state index contributed by atoms with van der Waals surface area (Å²) in [5.41, 5.74) is 4.16. The molecule has 0 saturated heterocycles. The lowest BCUT2D eigenvalue weighted by atomic mass is 9.86. The lowest BCUT2D eigenvalue weighted by molar-refractivity contribution is -0.136. The number of aromatic amines is 1. The van der Waals surface area contributed by atoms with Crippen LogP contribution in [0.1, 0.15) is 38.4 Å². The fourth-order valence-electron chi connectivity index (χ4n) is 2.02. The Hall–Kier alpha value is -2.10. The van der Waals surface area contributed by atoms with E-state index in [1.165, 1.54) is 5.56 Å². The van der Waals surface area contributed by atoms with Gasteiger partial charge in [-0.05, 0) is 23.5 Å². The second-order valence-electron chi connectivity index (χ2n) is 6.00. The van der Waals surface area contributed by atoms with E-state index < -0.39 is 5.97 Å². The number of rotatable bonds is 4. The number of aliphatic carboxylic acids is 1. The zero-order chi connectivity index (χ0) is 14.8. The van der Waals surface area contributed by atoms with E-state index in [2.05, 4.69) is 55.2 Å². The average molecular weight is 272 g/mol. The van der Waals surface area contributed by atoms with E-state index in [4.69, 9.17) is 5.11 Å². The number of nitrogens with zero attached hydrogens (tertiary/aromatic N) is 1. The van der Waals surface area contributed by atoms with Crippen LogP contribution in [-0.4, -0.2) is 21.3 Å². The molecule has 0 radical (unpaired) electrons. The Bertz CT molecular complexity index is 592. The summed E-state index contributed by atoms with van der Waals surface area (Å²) >= 11 is 0. The van der Waals surface area contributed by atoms with Crippen molar-refractivity contribution in [2.45, 2.75) is 39.0 Å². The number of H-pyrrole nitrogens is 1. The molecule has 0 unspecified atom stereocenters. The van der Waals surface area contributed by atoms with Crippen molar-refractivity contribution in [3.05, 3.63) is 41.6 Å². The second kappa shape index (κ2) is 5.49. The molecule has 0 amide bonds. The Labute approximate surface area is 118 Å². The van der Waals surface area contributed by atoms with Gasteiger partial charge in [0.15, 0.2) is 0 Å². The van der Waals surface area contributed by atoms with E-state index in [1.54, 1.807) is 0 Å². The van der Waals surface area contributed by atoms with Crippen LogP contribution in [0.3, 0.4) is 0 Å². The first kappa shape index (κ1) is 14.3. The molecule has 4 nitrogen and oxygen atoms in total. The third kappa shape index (κ3) is 3.47. The van der Waals surface area contributed by atoms with Crippen LogP contribution >= 0.6 is 0 Å². The standard InChI is InChI=1S/C16H20N2O2/c1-16(2,3)12-6-4-11(5-7-12)14-10-13(17-18-14)8-9-15(19)20/h4-7,10H,8-9H2,1-3H3,(H,17,18)(H,19,20). The summed E-state index contributed by atoms with van der Waals surface area (Å²) < 4.78 is 0. The number of benzene rings is 1. The summed E-state index contributed by atoms with van der Waals surface area (Å²) in [5.74, 6) is -0.796. The monoisotopic (exact) mass is 272 g/mol. The van der Waals surface area contributed by atoms with Gasteiger partial charge in [0.1, 0.15) is 0 Å². The molecule has 2 aromatic rings. The second-order valence-corrected chi connectivity index (χ2v) is 6.00. The van der Waals surface area contributed by atoms with Gasteiger partial charge in [0, 0.05) is 11.3 Å². The molecule has 0 aliphatic heterocycles. The Morgan fingerprint density at radius 2 is 1.90 bits per heavy atom. The lowest BCUT2D eigenvalue weighted by Gasteiger charge is -2.18. The fourth-order valence-corrected chi connectivity index (χ4v) is 2.02. The molecular weight excluding hydrogens is 252 g/mol. The van der Waals surface area contributed by atoms with Gasteiger partial charge in [0.2, 0.25) is 0 Å². The summed E-state index contributed by atoms with van der Waals surface area (Å²) in [5, 5.41) is 15.8. The molecule has 1 aromatic heterocycles. The van der Waals surface area contributed by atoms with Gasteiger partial charge < -0.3 is 5.11 Å². The number of aryl methyl sites for hydroxylation is 1. The smallest absolute Gasteiger partial charge is 0.303 e. The molecule has 0 bridgehead atoms. The van der Waals surface area contributed by atoms with Crippen LogP contribution in [0.2, 0.25) is 0 Å². The Morgan fingerprint density at radius 3 is 2.45 bits per heavy atom. The fraction of sp³-hybridized carbons (Fsp3) is 0.375. The lowest BCUT2D eigenvalue weighted by Crippen LogP contribution is -2.10. The Balaban J connectivity index is 2.14. The highest BCUT2D eigenvalue weighted by Crippen LogP contribution is 2.25. The molecule has 106 valence electrons. The molecule has 20 heavy (non-hydrogen) atoms. The summed E-state index contributed by atoms with van der Waals surface area (Å²) in [7, 11) is 0. The molecule has 0 fully saturated rings. The molecule has 2 N–H and O–H groups in total. The number of carbonyl (C=O) groups is 1. The van der Waals surface area contributed by atoms with Gasteiger partial charge in [0.25, 0.3) is 0 Å². The number of nitrogens with one attached hydrogen (secondary N) is 1. The minimum absolute atomic E-state index is 0.116. The molecule has 0 aliphatic rings. The zero-order valence-corrected chi connectivity index (χ0v) is 12.1. The van der Waals surface area contributed by atoms with E-state index in [-0.39, 0.29) is 11.8 Å². The first-order valence-electron chi connectivity index (χ1n) is 6.73. The molecule has 0 atom stereocenters. The predicted molar refractivity (Wildman–Crippen MR) is 78.7 cm³/mol. The zero-order valence-electron chi connectivity index (χ0n) is 12.1. The normalized spacial score (nSPS) is 11.6. The number of hydrogen-bond acceptors (Lipinski definition) is 2. The number of carboxylic acid groups (broad SMARTS) is 1. The van der Waals surface area contributed by atoms with Crippen molar-refractivity contribution in [1.29, 1.82) is 0 Å². The third-order valence-corrected chi connectivity index (χ3v) is 3.29. The maximum atomic E-state index is 10.5. The number of carboxylic acids is 1. The summed E-state index contributed by atoms with van der Waals surface area (Å²) in [6.07, 6.45) is 0.590. The minimum atomic E-state index is -0.796. The van der Waals surface area contributed by atoms with Gasteiger partial charge in [-0.3, -0.25) is 9.89 Å². The van der Waals surface area contributed by atoms with Crippen molar-refractivity contribution < 1.29 is 9.90 Å². The van der Waals surface area contributed by atoms with Gasteiger partial charge in [-0.25, -0.2) is 0 Å². The summed E-state index contributed by atoms with van der Waals surface area (Å²) in [6.45, 7) is 6.54. The SMILES string of the molecule is CC(C)(C)c1ccc(-c2cc(CCC(=O)O)[nH]n2)cc1. The van der Waals surface area contributed by atoms with Gasteiger partial charge >= 0.3 is 5.97 Å². The molecule has 2 rings (SSSR count). The van der Waals surface area contributed by atoms with Crippen molar-refractivity contribution in [3.63, 3.8) is 0 Å². The topological polar surface area (TPSA) is 66.0 Å². The quantitative estimate of drug-likeness (QED) is 0.896. The van der Waals surface area contributed by atoms with Crippen molar-refractivity contribution in [1.82, 2.24) is 10.2 Å². The van der Waals surface area contributed by atoms with Crippen molar-refractivity contribution >= 4 is 5.97 Å².